The van der Waals surface area contributed by atoms with E-state index in [9.17, 15) is 5.11 Å². The quantitative estimate of drug-likeness (QED) is 0.920. The summed E-state index contributed by atoms with van der Waals surface area (Å²) in [5, 5.41) is 22.8. The molecule has 1 aromatic heterocycles. The van der Waals surface area contributed by atoms with E-state index in [-0.39, 0.29) is 6.61 Å². The van der Waals surface area contributed by atoms with E-state index in [4.69, 9.17) is 10.00 Å². The van der Waals surface area contributed by atoms with Crippen LogP contribution in [-0.2, 0) is 6.54 Å². The Morgan fingerprint density at radius 1 is 1.41 bits per heavy atom. The molecule has 1 saturated carbocycles. The molecule has 0 aliphatic heterocycles. The molecule has 0 radical (unpaired) electrons. The van der Waals surface area contributed by atoms with Gasteiger partial charge in [0.2, 0.25) is 0 Å². The summed E-state index contributed by atoms with van der Waals surface area (Å²) in [5.74, 6) is 1.88. The van der Waals surface area contributed by atoms with Crippen LogP contribution in [0.4, 0.5) is 0 Å². The Morgan fingerprint density at radius 3 is 2.82 bits per heavy atom. The van der Waals surface area contributed by atoms with Crippen LogP contribution in [-0.4, -0.2) is 21.5 Å². The molecule has 0 unspecified atom stereocenters. The normalized spacial score (nSPS) is 13.9. The first-order valence-electron chi connectivity index (χ1n) is 7.50. The van der Waals surface area contributed by atoms with Crippen molar-refractivity contribution in [3.63, 3.8) is 0 Å². The minimum atomic E-state index is 0.0589. The zero-order valence-electron chi connectivity index (χ0n) is 12.8. The lowest BCUT2D eigenvalue weighted by molar-refractivity contribution is 0.267. The summed E-state index contributed by atoms with van der Waals surface area (Å²) < 4.78 is 7.90. The molecule has 0 atom stereocenters. The third-order valence-electron chi connectivity index (χ3n) is 3.94. The SMILES string of the molecule is Cc1ccc(Oc2c(C)nn(CCO)c2C2CC2)cc1C#N. The van der Waals surface area contributed by atoms with Crippen molar-refractivity contribution in [3.05, 3.63) is 40.7 Å². The fraction of sp³-hybridized carbons (Fsp3) is 0.412. The van der Waals surface area contributed by atoms with Crippen molar-refractivity contribution in [2.45, 2.75) is 39.2 Å². The number of benzene rings is 1. The molecule has 3 rings (SSSR count). The maximum atomic E-state index is 9.20. The number of ether oxygens (including phenoxy) is 1. The number of aryl methyl sites for hydroxylation is 2. The summed E-state index contributed by atoms with van der Waals surface area (Å²) in [6.07, 6.45) is 2.26. The number of hydrogen-bond acceptors (Lipinski definition) is 4. The summed E-state index contributed by atoms with van der Waals surface area (Å²) in [6, 6.07) is 7.69. The van der Waals surface area contributed by atoms with E-state index in [1.54, 1.807) is 6.07 Å². The second-order valence-electron chi connectivity index (χ2n) is 5.71. The van der Waals surface area contributed by atoms with Gasteiger partial charge in [-0.3, -0.25) is 4.68 Å². The van der Waals surface area contributed by atoms with Crippen LogP contribution >= 0.6 is 0 Å². The van der Waals surface area contributed by atoms with Crippen molar-refractivity contribution in [3.8, 4) is 17.6 Å². The van der Waals surface area contributed by atoms with Crippen molar-refractivity contribution in [2.24, 2.45) is 0 Å². The van der Waals surface area contributed by atoms with Crippen molar-refractivity contribution in [1.82, 2.24) is 9.78 Å². The highest BCUT2D eigenvalue weighted by molar-refractivity contribution is 5.46. The molecule has 0 bridgehead atoms. The average Bonchev–Trinajstić information content (AvgIpc) is 3.28. The summed E-state index contributed by atoms with van der Waals surface area (Å²) >= 11 is 0. The Kier molecular flexibility index (Phi) is 3.86. The monoisotopic (exact) mass is 297 g/mol. The Balaban J connectivity index is 1.97. The number of nitriles is 1. The number of rotatable bonds is 5. The van der Waals surface area contributed by atoms with Crippen molar-refractivity contribution in [2.75, 3.05) is 6.61 Å². The van der Waals surface area contributed by atoms with Gasteiger partial charge in [-0.15, -0.1) is 0 Å². The third kappa shape index (κ3) is 2.70. The summed E-state index contributed by atoms with van der Waals surface area (Å²) in [4.78, 5) is 0. The van der Waals surface area contributed by atoms with Gasteiger partial charge in [0.15, 0.2) is 5.75 Å². The minimum Gasteiger partial charge on any atom is -0.453 e. The van der Waals surface area contributed by atoms with E-state index >= 15 is 0 Å². The van der Waals surface area contributed by atoms with Gasteiger partial charge in [-0.25, -0.2) is 0 Å². The Hall–Kier alpha value is -2.32. The van der Waals surface area contributed by atoms with E-state index in [0.29, 0.717) is 23.8 Å². The van der Waals surface area contributed by atoms with Crippen molar-refractivity contribution < 1.29 is 9.84 Å². The number of aliphatic hydroxyl groups excluding tert-OH is 1. The number of aliphatic hydroxyl groups is 1. The molecule has 1 aliphatic rings. The first kappa shape index (κ1) is 14.6. The standard InChI is InChI=1S/C17H19N3O2/c1-11-3-6-15(9-14(11)10-18)22-17-12(2)19-20(7-8-21)16(17)13-4-5-13/h3,6,9,13,21H,4-5,7-8H2,1-2H3. The molecule has 22 heavy (non-hydrogen) atoms. The smallest absolute Gasteiger partial charge is 0.171 e. The van der Waals surface area contributed by atoms with E-state index in [1.807, 2.05) is 30.7 Å². The first-order chi connectivity index (χ1) is 10.6. The minimum absolute atomic E-state index is 0.0589. The predicted molar refractivity (Wildman–Crippen MR) is 82.0 cm³/mol. The van der Waals surface area contributed by atoms with E-state index < -0.39 is 0 Å². The zero-order valence-corrected chi connectivity index (χ0v) is 12.8. The van der Waals surface area contributed by atoms with Crippen molar-refractivity contribution >= 4 is 0 Å². The highest BCUT2D eigenvalue weighted by Crippen LogP contribution is 2.46. The topological polar surface area (TPSA) is 71.1 Å². The lowest BCUT2D eigenvalue weighted by Gasteiger charge is -2.10. The summed E-state index contributed by atoms with van der Waals surface area (Å²) in [6.45, 7) is 4.35. The van der Waals surface area contributed by atoms with E-state index in [1.165, 1.54) is 0 Å². The lowest BCUT2D eigenvalue weighted by atomic mass is 10.1. The van der Waals surface area contributed by atoms with Gasteiger partial charge in [0.25, 0.3) is 0 Å². The maximum Gasteiger partial charge on any atom is 0.171 e. The van der Waals surface area contributed by atoms with Gasteiger partial charge in [-0.2, -0.15) is 10.4 Å². The van der Waals surface area contributed by atoms with Crippen LogP contribution in [0.25, 0.3) is 0 Å². The molecule has 0 amide bonds. The molecular formula is C17H19N3O2. The van der Waals surface area contributed by atoms with Gasteiger partial charge in [-0.05, 0) is 44.4 Å². The molecule has 0 saturated heterocycles. The molecule has 1 fully saturated rings. The number of hydrogen-bond donors (Lipinski definition) is 1. The molecule has 2 aromatic rings. The largest absolute Gasteiger partial charge is 0.453 e. The molecule has 5 nitrogen and oxygen atoms in total. The molecule has 1 N–H and O–H groups in total. The molecule has 0 spiro atoms. The Labute approximate surface area is 129 Å². The third-order valence-corrected chi connectivity index (χ3v) is 3.94. The molecule has 1 heterocycles. The Morgan fingerprint density at radius 2 is 2.18 bits per heavy atom. The fourth-order valence-corrected chi connectivity index (χ4v) is 2.63. The van der Waals surface area contributed by atoms with Crippen LogP contribution in [0, 0.1) is 25.2 Å². The lowest BCUT2D eigenvalue weighted by Crippen LogP contribution is -2.07. The van der Waals surface area contributed by atoms with Crippen LogP contribution in [0.3, 0.4) is 0 Å². The second-order valence-corrected chi connectivity index (χ2v) is 5.71. The number of nitrogens with zero attached hydrogens (tertiary/aromatic N) is 3. The van der Waals surface area contributed by atoms with Gasteiger partial charge >= 0.3 is 0 Å². The maximum absolute atomic E-state index is 9.20. The van der Waals surface area contributed by atoms with Crippen LogP contribution in [0.15, 0.2) is 18.2 Å². The molecular weight excluding hydrogens is 278 g/mol. The first-order valence-corrected chi connectivity index (χ1v) is 7.50. The van der Waals surface area contributed by atoms with Gasteiger partial charge in [0, 0.05) is 5.92 Å². The van der Waals surface area contributed by atoms with Crippen molar-refractivity contribution in [1.29, 1.82) is 5.26 Å². The highest BCUT2D eigenvalue weighted by Gasteiger charge is 2.32. The Bertz CT molecular complexity index is 739. The highest BCUT2D eigenvalue weighted by atomic mass is 16.5. The average molecular weight is 297 g/mol. The van der Waals surface area contributed by atoms with Crippen LogP contribution in [0.2, 0.25) is 0 Å². The summed E-state index contributed by atoms with van der Waals surface area (Å²) in [5.41, 5.74) is 3.43. The fourth-order valence-electron chi connectivity index (χ4n) is 2.63. The van der Waals surface area contributed by atoms with Crippen LogP contribution in [0.1, 0.15) is 41.3 Å². The molecule has 1 aliphatic carbocycles. The van der Waals surface area contributed by atoms with Crippen LogP contribution < -0.4 is 4.74 Å². The molecule has 1 aromatic carbocycles. The predicted octanol–water partition coefficient (Wildman–Crippen LogP) is 3.03. The zero-order chi connectivity index (χ0) is 15.7. The molecule has 114 valence electrons. The molecule has 5 heteroatoms. The van der Waals surface area contributed by atoms with Gasteiger partial charge in [-0.1, -0.05) is 6.07 Å². The van der Waals surface area contributed by atoms with Gasteiger partial charge in [0.05, 0.1) is 30.5 Å². The number of aromatic nitrogens is 2. The van der Waals surface area contributed by atoms with Gasteiger partial charge in [0.1, 0.15) is 11.4 Å². The van der Waals surface area contributed by atoms with Crippen LogP contribution in [0.5, 0.6) is 11.5 Å². The van der Waals surface area contributed by atoms with E-state index in [0.717, 1.165) is 35.5 Å². The summed E-state index contributed by atoms with van der Waals surface area (Å²) in [7, 11) is 0. The van der Waals surface area contributed by atoms with E-state index in [2.05, 4.69) is 11.2 Å². The second kappa shape index (κ2) is 5.82. The van der Waals surface area contributed by atoms with Gasteiger partial charge < -0.3 is 9.84 Å².